The number of benzene rings is 1. The van der Waals surface area contributed by atoms with Gasteiger partial charge in [0.2, 0.25) is 0 Å². The van der Waals surface area contributed by atoms with Crippen LogP contribution in [0.2, 0.25) is 0 Å². The summed E-state index contributed by atoms with van der Waals surface area (Å²) >= 11 is 0. The summed E-state index contributed by atoms with van der Waals surface area (Å²) in [5, 5.41) is 11.9. The Labute approximate surface area is 125 Å². The highest BCUT2D eigenvalue weighted by Crippen LogP contribution is 2.13. The van der Waals surface area contributed by atoms with Gasteiger partial charge in [0.15, 0.2) is 5.78 Å². The molecule has 0 aromatic heterocycles. The third-order valence-corrected chi connectivity index (χ3v) is 2.76. The molecule has 1 atom stereocenters. The predicted octanol–water partition coefficient (Wildman–Crippen LogP) is 3.27. The van der Waals surface area contributed by atoms with Crippen LogP contribution in [0.15, 0.2) is 24.3 Å². The van der Waals surface area contributed by atoms with E-state index in [9.17, 15) is 14.7 Å². The Morgan fingerprint density at radius 1 is 1.24 bits per heavy atom. The van der Waals surface area contributed by atoms with Crippen LogP contribution < -0.4 is 5.32 Å². The average molecular weight is 293 g/mol. The molecule has 1 aromatic rings. The summed E-state index contributed by atoms with van der Waals surface area (Å²) in [6, 6.07) is 5.99. The van der Waals surface area contributed by atoms with E-state index in [2.05, 4.69) is 5.32 Å². The first-order valence-corrected chi connectivity index (χ1v) is 6.99. The molecule has 0 fully saturated rings. The number of ketones is 1. The van der Waals surface area contributed by atoms with Crippen molar-refractivity contribution < 1.29 is 19.4 Å². The number of carbonyl (C=O) groups is 2. The summed E-state index contributed by atoms with van der Waals surface area (Å²) in [7, 11) is 0. The molecule has 5 nitrogen and oxygen atoms in total. The second-order valence-corrected chi connectivity index (χ2v) is 6.06. The maximum atomic E-state index is 11.9. The molecule has 1 rings (SSSR count). The molecule has 0 spiro atoms. The lowest BCUT2D eigenvalue weighted by Gasteiger charge is -2.21. The first-order chi connectivity index (χ1) is 9.67. The van der Waals surface area contributed by atoms with Gasteiger partial charge in [0.05, 0.1) is 0 Å². The fraction of sp³-hybridized carbons (Fsp3) is 0.500. The van der Waals surface area contributed by atoms with E-state index >= 15 is 0 Å². The summed E-state index contributed by atoms with van der Waals surface area (Å²) in [6.45, 7) is 7.22. The second-order valence-electron chi connectivity index (χ2n) is 6.06. The summed E-state index contributed by atoms with van der Waals surface area (Å²) in [5.41, 5.74) is 0.0170. The third-order valence-electron chi connectivity index (χ3n) is 2.76. The van der Waals surface area contributed by atoms with Gasteiger partial charge in [-0.1, -0.05) is 0 Å². The molecule has 0 aliphatic heterocycles. The van der Waals surface area contributed by atoms with Crippen molar-refractivity contribution in [2.75, 3.05) is 0 Å². The number of carbonyl (C=O) groups excluding carboxylic acids is 2. The van der Waals surface area contributed by atoms with E-state index in [1.54, 1.807) is 32.9 Å². The number of nitrogens with one attached hydrogen (secondary N) is 1. The molecular weight excluding hydrogens is 270 g/mol. The van der Waals surface area contributed by atoms with Crippen LogP contribution in [-0.4, -0.2) is 28.6 Å². The molecule has 1 amide bonds. The van der Waals surface area contributed by atoms with Gasteiger partial charge in [-0.15, -0.1) is 0 Å². The van der Waals surface area contributed by atoms with E-state index in [1.165, 1.54) is 12.1 Å². The predicted molar refractivity (Wildman–Crippen MR) is 80.5 cm³/mol. The Balaban J connectivity index is 2.39. The van der Waals surface area contributed by atoms with Crippen molar-refractivity contribution in [3.05, 3.63) is 29.8 Å². The van der Waals surface area contributed by atoms with Crippen LogP contribution in [0.5, 0.6) is 5.75 Å². The lowest BCUT2D eigenvalue weighted by Crippen LogP contribution is -2.37. The highest BCUT2D eigenvalue weighted by atomic mass is 16.6. The monoisotopic (exact) mass is 293 g/mol. The van der Waals surface area contributed by atoms with Crippen molar-refractivity contribution in [1.82, 2.24) is 5.32 Å². The van der Waals surface area contributed by atoms with Gasteiger partial charge in [-0.25, -0.2) is 4.79 Å². The quantitative estimate of drug-likeness (QED) is 0.817. The zero-order valence-corrected chi connectivity index (χ0v) is 13.0. The molecule has 0 unspecified atom stereocenters. The highest BCUT2D eigenvalue weighted by molar-refractivity contribution is 5.96. The molecule has 0 aliphatic rings. The van der Waals surface area contributed by atoms with Crippen LogP contribution in [0.1, 0.15) is 50.9 Å². The van der Waals surface area contributed by atoms with E-state index in [-0.39, 0.29) is 17.6 Å². The van der Waals surface area contributed by atoms with Gasteiger partial charge in [-0.2, -0.15) is 0 Å². The second kappa shape index (κ2) is 7.11. The third kappa shape index (κ3) is 6.79. The Morgan fingerprint density at radius 2 is 1.81 bits per heavy atom. The molecule has 1 aromatic carbocycles. The summed E-state index contributed by atoms with van der Waals surface area (Å²) in [6.07, 6.45) is 0.368. The van der Waals surface area contributed by atoms with Gasteiger partial charge in [0.25, 0.3) is 0 Å². The molecule has 0 saturated heterocycles. The van der Waals surface area contributed by atoms with Crippen molar-refractivity contribution in [3.63, 3.8) is 0 Å². The largest absolute Gasteiger partial charge is 0.508 e. The summed E-state index contributed by atoms with van der Waals surface area (Å²) < 4.78 is 5.15. The zero-order chi connectivity index (χ0) is 16.0. The minimum atomic E-state index is -0.536. The molecule has 0 heterocycles. The van der Waals surface area contributed by atoms with Crippen LogP contribution in [0, 0.1) is 0 Å². The number of amides is 1. The molecule has 5 heteroatoms. The molecule has 0 saturated carbocycles. The first-order valence-electron chi connectivity index (χ1n) is 6.99. The van der Waals surface area contributed by atoms with Crippen LogP contribution in [0.4, 0.5) is 4.79 Å². The lowest BCUT2D eigenvalue weighted by molar-refractivity contribution is 0.0504. The van der Waals surface area contributed by atoms with E-state index < -0.39 is 11.7 Å². The number of hydrogen-bond donors (Lipinski definition) is 2. The smallest absolute Gasteiger partial charge is 0.407 e. The van der Waals surface area contributed by atoms with E-state index in [0.29, 0.717) is 18.4 Å². The molecule has 21 heavy (non-hydrogen) atoms. The van der Waals surface area contributed by atoms with Gasteiger partial charge < -0.3 is 15.2 Å². The van der Waals surface area contributed by atoms with Crippen LogP contribution in [-0.2, 0) is 4.74 Å². The van der Waals surface area contributed by atoms with Crippen LogP contribution in [0.25, 0.3) is 0 Å². The zero-order valence-electron chi connectivity index (χ0n) is 13.0. The normalized spacial score (nSPS) is 12.6. The molecule has 0 radical (unpaired) electrons. The maximum absolute atomic E-state index is 11.9. The topological polar surface area (TPSA) is 75.6 Å². The molecular formula is C16H23NO4. The standard InChI is InChI=1S/C16H23NO4/c1-11(17-15(20)21-16(2,3)4)5-10-14(19)12-6-8-13(18)9-7-12/h6-9,11,18H,5,10H2,1-4H3,(H,17,20)/t11-/m1/s1. The van der Waals surface area contributed by atoms with E-state index in [1.807, 2.05) is 6.92 Å². The number of ether oxygens (including phenoxy) is 1. The SMILES string of the molecule is C[C@H](CCC(=O)c1ccc(O)cc1)NC(=O)OC(C)(C)C. The highest BCUT2D eigenvalue weighted by Gasteiger charge is 2.18. The Morgan fingerprint density at radius 3 is 2.33 bits per heavy atom. The van der Waals surface area contributed by atoms with Gasteiger partial charge in [-0.3, -0.25) is 4.79 Å². The van der Waals surface area contributed by atoms with Crippen LogP contribution >= 0.6 is 0 Å². The van der Waals surface area contributed by atoms with Crippen molar-refractivity contribution in [2.45, 2.75) is 52.2 Å². The number of aromatic hydroxyl groups is 1. The number of Topliss-reactive ketones (excluding diaryl/α,β-unsaturated/α-hetero) is 1. The fourth-order valence-electron chi connectivity index (χ4n) is 1.72. The molecule has 0 bridgehead atoms. The molecule has 0 aliphatic carbocycles. The maximum Gasteiger partial charge on any atom is 0.407 e. The van der Waals surface area contributed by atoms with Gasteiger partial charge >= 0.3 is 6.09 Å². The minimum absolute atomic E-state index is 0.0205. The van der Waals surface area contributed by atoms with Gasteiger partial charge in [-0.05, 0) is 58.4 Å². The summed E-state index contributed by atoms with van der Waals surface area (Å²) in [5.74, 6) is 0.111. The van der Waals surface area contributed by atoms with E-state index in [0.717, 1.165) is 0 Å². The minimum Gasteiger partial charge on any atom is -0.508 e. The molecule has 2 N–H and O–H groups in total. The van der Waals surface area contributed by atoms with Crippen molar-refractivity contribution >= 4 is 11.9 Å². The first kappa shape index (κ1) is 17.0. The summed E-state index contributed by atoms with van der Waals surface area (Å²) in [4.78, 5) is 23.5. The Kier molecular flexibility index (Phi) is 5.76. The van der Waals surface area contributed by atoms with Gasteiger partial charge in [0.1, 0.15) is 11.4 Å². The number of alkyl carbamates (subject to hydrolysis) is 1. The van der Waals surface area contributed by atoms with Crippen molar-refractivity contribution in [3.8, 4) is 5.75 Å². The van der Waals surface area contributed by atoms with Crippen molar-refractivity contribution in [1.29, 1.82) is 0 Å². The Hall–Kier alpha value is -2.04. The number of phenolic OH excluding ortho intramolecular Hbond substituents is 1. The lowest BCUT2D eigenvalue weighted by atomic mass is 10.0. The number of rotatable bonds is 5. The fourth-order valence-corrected chi connectivity index (χ4v) is 1.72. The van der Waals surface area contributed by atoms with Crippen LogP contribution in [0.3, 0.4) is 0 Å². The Bertz CT molecular complexity index is 488. The number of phenols is 1. The van der Waals surface area contributed by atoms with E-state index in [4.69, 9.17) is 4.74 Å². The van der Waals surface area contributed by atoms with Crippen molar-refractivity contribution in [2.24, 2.45) is 0 Å². The van der Waals surface area contributed by atoms with Gasteiger partial charge in [0, 0.05) is 18.0 Å². The number of hydrogen-bond acceptors (Lipinski definition) is 4. The molecule has 116 valence electrons. The average Bonchev–Trinajstić information content (AvgIpc) is 2.34.